The summed E-state index contributed by atoms with van der Waals surface area (Å²) in [7, 11) is 0. The monoisotopic (exact) mass is 299 g/mol. The van der Waals surface area contributed by atoms with Crippen LogP contribution in [-0.4, -0.2) is 17.7 Å². The number of carbonyl (C=O) groups is 1. The maximum Gasteiger partial charge on any atom is 0.344 e. The van der Waals surface area contributed by atoms with Crippen molar-refractivity contribution >= 4 is 29.2 Å². The number of aryl methyl sites for hydroxylation is 1. The third-order valence-corrected chi connectivity index (χ3v) is 2.91. The number of halogens is 2. The molecule has 2 aromatic rings. The number of benzene rings is 1. The Kier molecular flexibility index (Phi) is 4.12. The summed E-state index contributed by atoms with van der Waals surface area (Å²) in [4.78, 5) is 11.9. The predicted octanol–water partition coefficient (Wildman–Crippen LogP) is 4.13. The van der Waals surface area contributed by atoms with Crippen molar-refractivity contribution in [1.82, 2.24) is 5.16 Å². The van der Waals surface area contributed by atoms with Crippen molar-refractivity contribution in [3.63, 3.8) is 0 Å². The number of esters is 1. The lowest BCUT2D eigenvalue weighted by Crippen LogP contribution is -2.06. The minimum absolute atomic E-state index is 0.277. The Morgan fingerprint density at radius 3 is 2.53 bits per heavy atom. The van der Waals surface area contributed by atoms with Crippen LogP contribution < -0.4 is 0 Å². The van der Waals surface area contributed by atoms with Crippen molar-refractivity contribution in [3.8, 4) is 11.3 Å². The molecule has 1 aromatic heterocycles. The first kappa shape index (κ1) is 13.9. The van der Waals surface area contributed by atoms with Gasteiger partial charge in [-0.25, -0.2) is 4.79 Å². The summed E-state index contributed by atoms with van der Waals surface area (Å²) < 4.78 is 10.0. The Morgan fingerprint density at radius 1 is 1.32 bits per heavy atom. The third-order valence-electron chi connectivity index (χ3n) is 2.48. The molecule has 1 heterocycles. The van der Waals surface area contributed by atoms with Crippen molar-refractivity contribution < 1.29 is 14.1 Å². The second-order valence-corrected chi connectivity index (χ2v) is 4.71. The van der Waals surface area contributed by atoms with E-state index in [1.165, 1.54) is 0 Å². The fourth-order valence-corrected chi connectivity index (χ4v) is 2.23. The van der Waals surface area contributed by atoms with Gasteiger partial charge in [-0.2, -0.15) is 0 Å². The van der Waals surface area contributed by atoms with Crippen molar-refractivity contribution in [2.24, 2.45) is 0 Å². The molecule has 0 saturated carbocycles. The average molecular weight is 300 g/mol. The number of rotatable bonds is 3. The van der Waals surface area contributed by atoms with E-state index < -0.39 is 5.97 Å². The zero-order valence-corrected chi connectivity index (χ0v) is 11.9. The van der Waals surface area contributed by atoms with Gasteiger partial charge in [0.05, 0.1) is 6.61 Å². The lowest BCUT2D eigenvalue weighted by atomic mass is 10.1. The Balaban J connectivity index is 2.53. The number of carbonyl (C=O) groups excluding carboxylic acids is 1. The molecule has 0 N–H and O–H groups in total. The van der Waals surface area contributed by atoms with Gasteiger partial charge in [0.25, 0.3) is 0 Å². The zero-order chi connectivity index (χ0) is 14.0. The minimum Gasteiger partial charge on any atom is -0.462 e. The summed E-state index contributed by atoms with van der Waals surface area (Å²) in [6.45, 7) is 3.66. The number of hydrogen-bond acceptors (Lipinski definition) is 4. The molecule has 0 aliphatic carbocycles. The van der Waals surface area contributed by atoms with Crippen LogP contribution in [0.25, 0.3) is 11.3 Å². The summed E-state index contributed by atoms with van der Waals surface area (Å²) in [6.07, 6.45) is 0. The highest BCUT2D eigenvalue weighted by Crippen LogP contribution is 2.30. The lowest BCUT2D eigenvalue weighted by molar-refractivity contribution is 0.0525. The maximum atomic E-state index is 11.9. The molecule has 0 atom stereocenters. The first-order chi connectivity index (χ1) is 9.02. The van der Waals surface area contributed by atoms with Crippen LogP contribution in [0.2, 0.25) is 10.0 Å². The van der Waals surface area contributed by atoms with E-state index in [1.54, 1.807) is 32.0 Å². The van der Waals surface area contributed by atoms with E-state index >= 15 is 0 Å². The van der Waals surface area contributed by atoms with Gasteiger partial charge in [0, 0.05) is 15.6 Å². The number of aromatic nitrogens is 1. The summed E-state index contributed by atoms with van der Waals surface area (Å²) in [6, 6.07) is 4.92. The molecule has 0 aliphatic heterocycles. The fourth-order valence-electron chi connectivity index (χ4n) is 1.70. The van der Waals surface area contributed by atoms with Gasteiger partial charge < -0.3 is 9.26 Å². The highest BCUT2D eigenvalue weighted by atomic mass is 35.5. The molecule has 2 rings (SSSR count). The van der Waals surface area contributed by atoms with Gasteiger partial charge in [-0.05, 0) is 32.0 Å². The van der Waals surface area contributed by atoms with E-state index in [2.05, 4.69) is 5.16 Å². The highest BCUT2D eigenvalue weighted by Gasteiger charge is 2.23. The second-order valence-electron chi connectivity index (χ2n) is 3.84. The summed E-state index contributed by atoms with van der Waals surface area (Å²) in [5, 5.41) is 4.79. The molecule has 19 heavy (non-hydrogen) atoms. The molecule has 4 nitrogen and oxygen atoms in total. The largest absolute Gasteiger partial charge is 0.462 e. The molecule has 0 fully saturated rings. The number of nitrogens with zero attached hydrogens (tertiary/aromatic N) is 1. The Bertz CT molecular complexity index is 602. The van der Waals surface area contributed by atoms with Crippen LogP contribution in [0.5, 0.6) is 0 Å². The van der Waals surface area contributed by atoms with Gasteiger partial charge in [-0.15, -0.1) is 0 Å². The van der Waals surface area contributed by atoms with Crippen LogP contribution in [0.4, 0.5) is 0 Å². The Hall–Kier alpha value is -1.52. The molecular formula is C13H11Cl2NO3. The van der Waals surface area contributed by atoms with Crippen molar-refractivity contribution in [2.45, 2.75) is 13.8 Å². The number of ether oxygens (including phenoxy) is 1. The Labute approximate surface area is 120 Å². The second kappa shape index (κ2) is 5.63. The normalized spacial score (nSPS) is 10.5. The van der Waals surface area contributed by atoms with Crippen LogP contribution in [0, 0.1) is 6.92 Å². The average Bonchev–Trinajstić information content (AvgIpc) is 2.70. The van der Waals surface area contributed by atoms with Crippen LogP contribution in [0.3, 0.4) is 0 Å². The van der Waals surface area contributed by atoms with Crippen molar-refractivity contribution in [2.75, 3.05) is 6.61 Å². The first-order valence-corrected chi connectivity index (χ1v) is 6.38. The maximum absolute atomic E-state index is 11.9. The van der Waals surface area contributed by atoms with E-state index in [1.807, 2.05) is 0 Å². The fraction of sp³-hybridized carbons (Fsp3) is 0.231. The molecule has 0 radical (unpaired) electrons. The predicted molar refractivity (Wildman–Crippen MR) is 72.7 cm³/mol. The van der Waals surface area contributed by atoms with Gasteiger partial charge in [-0.3, -0.25) is 0 Å². The molecule has 0 spiro atoms. The minimum atomic E-state index is -0.479. The molecule has 0 aliphatic rings. The first-order valence-electron chi connectivity index (χ1n) is 5.62. The smallest absolute Gasteiger partial charge is 0.344 e. The SMILES string of the molecule is CCOC(=O)c1c(-c2cc(Cl)cc(Cl)c2)noc1C. The molecule has 1 aromatic carbocycles. The summed E-state index contributed by atoms with van der Waals surface area (Å²) in [5.74, 6) is -0.0862. The van der Waals surface area contributed by atoms with Gasteiger partial charge in [-0.1, -0.05) is 28.4 Å². The molecule has 0 unspecified atom stereocenters. The number of hydrogen-bond donors (Lipinski definition) is 0. The van der Waals surface area contributed by atoms with Crippen molar-refractivity contribution in [1.29, 1.82) is 0 Å². The van der Waals surface area contributed by atoms with E-state index in [0.29, 0.717) is 32.6 Å². The molecule has 6 heteroatoms. The van der Waals surface area contributed by atoms with E-state index in [-0.39, 0.29) is 6.61 Å². The quantitative estimate of drug-likeness (QED) is 0.800. The highest BCUT2D eigenvalue weighted by molar-refractivity contribution is 6.35. The molecule has 0 saturated heterocycles. The topological polar surface area (TPSA) is 52.3 Å². The van der Waals surface area contributed by atoms with Gasteiger partial charge >= 0.3 is 5.97 Å². The van der Waals surface area contributed by atoms with Crippen LogP contribution in [0.15, 0.2) is 22.7 Å². The van der Waals surface area contributed by atoms with E-state index in [4.69, 9.17) is 32.5 Å². The van der Waals surface area contributed by atoms with Crippen LogP contribution >= 0.6 is 23.2 Å². The van der Waals surface area contributed by atoms with Gasteiger partial charge in [0.1, 0.15) is 17.0 Å². The third kappa shape index (κ3) is 2.91. The van der Waals surface area contributed by atoms with Crippen LogP contribution in [-0.2, 0) is 4.74 Å². The van der Waals surface area contributed by atoms with Gasteiger partial charge in [0.15, 0.2) is 0 Å². The molecular weight excluding hydrogens is 289 g/mol. The van der Waals surface area contributed by atoms with Crippen LogP contribution in [0.1, 0.15) is 23.0 Å². The molecule has 100 valence electrons. The van der Waals surface area contributed by atoms with E-state index in [0.717, 1.165) is 0 Å². The zero-order valence-electron chi connectivity index (χ0n) is 10.4. The molecule has 0 amide bonds. The summed E-state index contributed by atoms with van der Waals surface area (Å²) in [5.41, 5.74) is 1.28. The molecule has 0 bridgehead atoms. The standard InChI is InChI=1S/C13H11Cl2NO3/c1-3-18-13(17)11-7(2)19-16-12(11)8-4-9(14)6-10(15)5-8/h4-6H,3H2,1-2H3. The van der Waals surface area contributed by atoms with Crippen molar-refractivity contribution in [3.05, 3.63) is 39.6 Å². The Morgan fingerprint density at radius 2 is 1.95 bits per heavy atom. The lowest BCUT2D eigenvalue weighted by Gasteiger charge is -2.03. The van der Waals surface area contributed by atoms with Gasteiger partial charge in [0.2, 0.25) is 0 Å². The summed E-state index contributed by atoms with van der Waals surface area (Å²) >= 11 is 11.9. The van der Waals surface area contributed by atoms with E-state index in [9.17, 15) is 4.79 Å².